The van der Waals surface area contributed by atoms with Crippen LogP contribution < -0.4 is 4.74 Å². The molecular weight excluding hydrogens is 272 g/mol. The molecule has 0 unspecified atom stereocenters. The zero-order valence-corrected chi connectivity index (χ0v) is 11.7. The summed E-state index contributed by atoms with van der Waals surface area (Å²) in [5, 5.41) is 8.86. The lowest BCUT2D eigenvalue weighted by Crippen LogP contribution is -2.37. The normalized spacial score (nSPS) is 12.2. The molecule has 1 N–H and O–H groups in total. The lowest BCUT2D eigenvalue weighted by molar-refractivity contribution is -0.151. The van der Waals surface area contributed by atoms with Gasteiger partial charge < -0.3 is 9.84 Å². The van der Waals surface area contributed by atoms with E-state index in [1.165, 1.54) is 38.1 Å². The van der Waals surface area contributed by atoms with Crippen LogP contribution in [0.5, 0.6) is 5.75 Å². The number of ether oxygens (including phenoxy) is 1. The summed E-state index contributed by atoms with van der Waals surface area (Å²) >= 11 is 0. The monoisotopic (exact) mass is 288 g/mol. The first kappa shape index (κ1) is 15.5. The molecule has 0 atom stereocenters. The van der Waals surface area contributed by atoms with Gasteiger partial charge >= 0.3 is 5.97 Å². The number of rotatable bonds is 6. The Labute approximate surface area is 112 Å². The fraction of sp³-hybridized carbons (Fsp3) is 0.417. The minimum atomic E-state index is -4.13. The predicted octanol–water partition coefficient (Wildman–Crippen LogP) is 1.65. The van der Waals surface area contributed by atoms with Crippen LogP contribution in [0.15, 0.2) is 29.2 Å². The number of carboxylic acid groups (broad SMARTS) is 1. The number of benzene rings is 1. The average Bonchev–Trinajstić information content (AvgIpc) is 2.28. The quantitative estimate of drug-likeness (QED) is 0.800. The summed E-state index contributed by atoms with van der Waals surface area (Å²) < 4.78 is 33.7. The van der Waals surface area contributed by atoms with Crippen LogP contribution in [0.3, 0.4) is 0 Å². The van der Waals surface area contributed by atoms with Gasteiger partial charge in [0.15, 0.2) is 5.60 Å². The van der Waals surface area contributed by atoms with Crippen molar-refractivity contribution >= 4 is 16.1 Å². The Bertz CT molecular complexity index is 544. The molecular formula is C12H16O6S. The van der Waals surface area contributed by atoms with Gasteiger partial charge in [-0.3, -0.25) is 0 Å². The van der Waals surface area contributed by atoms with Crippen LogP contribution in [0.25, 0.3) is 0 Å². The lowest BCUT2D eigenvalue weighted by atomic mass is 10.1. The highest BCUT2D eigenvalue weighted by atomic mass is 32.2. The number of carboxylic acids is 1. The van der Waals surface area contributed by atoms with Crippen molar-refractivity contribution in [1.29, 1.82) is 0 Å². The van der Waals surface area contributed by atoms with Gasteiger partial charge in [-0.25, -0.2) is 8.98 Å². The summed E-state index contributed by atoms with van der Waals surface area (Å²) in [4.78, 5) is 10.7. The molecule has 1 rings (SSSR count). The first-order valence-electron chi connectivity index (χ1n) is 5.61. The Balaban J connectivity index is 2.98. The van der Waals surface area contributed by atoms with Crippen molar-refractivity contribution in [3.63, 3.8) is 0 Å². The second kappa shape index (κ2) is 5.58. The van der Waals surface area contributed by atoms with Gasteiger partial charge in [0.2, 0.25) is 0 Å². The van der Waals surface area contributed by atoms with Gasteiger partial charge in [-0.2, -0.15) is 8.42 Å². The van der Waals surface area contributed by atoms with E-state index in [2.05, 4.69) is 0 Å². The zero-order valence-electron chi connectivity index (χ0n) is 10.9. The van der Waals surface area contributed by atoms with Crippen molar-refractivity contribution in [2.24, 2.45) is 0 Å². The second-order valence-corrected chi connectivity index (χ2v) is 5.80. The molecule has 7 heteroatoms. The van der Waals surface area contributed by atoms with E-state index in [-0.39, 0.29) is 4.90 Å². The van der Waals surface area contributed by atoms with Gasteiger partial charge in [-0.05, 0) is 45.0 Å². The van der Waals surface area contributed by atoms with E-state index in [9.17, 15) is 13.2 Å². The molecule has 0 radical (unpaired) electrons. The minimum Gasteiger partial charge on any atom is -0.494 e. The Kier molecular flexibility index (Phi) is 4.54. The first-order valence-corrected chi connectivity index (χ1v) is 7.02. The topological polar surface area (TPSA) is 89.9 Å². The summed E-state index contributed by atoms with van der Waals surface area (Å²) in [5.41, 5.74) is -1.82. The van der Waals surface area contributed by atoms with Gasteiger partial charge in [-0.1, -0.05) is 0 Å². The van der Waals surface area contributed by atoms with Crippen LogP contribution in [0.2, 0.25) is 0 Å². The molecule has 0 saturated carbocycles. The van der Waals surface area contributed by atoms with Gasteiger partial charge in [0.1, 0.15) is 5.75 Å². The summed E-state index contributed by atoms with van der Waals surface area (Å²) in [5.74, 6) is -0.832. The van der Waals surface area contributed by atoms with E-state index in [1.54, 1.807) is 0 Å². The van der Waals surface area contributed by atoms with Crippen LogP contribution >= 0.6 is 0 Å². The zero-order chi connectivity index (χ0) is 14.7. The van der Waals surface area contributed by atoms with E-state index in [4.69, 9.17) is 14.0 Å². The van der Waals surface area contributed by atoms with Crippen LogP contribution in [-0.4, -0.2) is 31.7 Å². The smallest absolute Gasteiger partial charge is 0.336 e. The van der Waals surface area contributed by atoms with Gasteiger partial charge in [0.25, 0.3) is 10.1 Å². The molecule has 0 saturated heterocycles. The Hall–Kier alpha value is -1.60. The largest absolute Gasteiger partial charge is 0.494 e. The molecule has 6 nitrogen and oxygen atoms in total. The van der Waals surface area contributed by atoms with Crippen molar-refractivity contribution in [2.45, 2.75) is 31.3 Å². The highest BCUT2D eigenvalue weighted by molar-refractivity contribution is 7.86. The number of aliphatic carboxylic acids is 1. The maximum atomic E-state index is 11.9. The van der Waals surface area contributed by atoms with Crippen LogP contribution in [0.1, 0.15) is 20.8 Å². The van der Waals surface area contributed by atoms with Crippen molar-refractivity contribution in [1.82, 2.24) is 0 Å². The predicted molar refractivity (Wildman–Crippen MR) is 67.6 cm³/mol. The van der Waals surface area contributed by atoms with Gasteiger partial charge in [0.05, 0.1) is 11.5 Å². The maximum absolute atomic E-state index is 11.9. The third kappa shape index (κ3) is 3.93. The SMILES string of the molecule is CCOc1ccc(S(=O)(=O)OC(C)(C)C(=O)O)cc1. The van der Waals surface area contributed by atoms with Crippen molar-refractivity contribution < 1.29 is 27.2 Å². The highest BCUT2D eigenvalue weighted by Crippen LogP contribution is 2.22. The molecule has 0 aliphatic rings. The standard InChI is InChI=1S/C12H16O6S/c1-4-17-9-5-7-10(8-6-9)19(15,16)18-12(2,3)11(13)14/h5-8H,4H2,1-3H3,(H,13,14). The molecule has 0 spiro atoms. The summed E-state index contributed by atoms with van der Waals surface area (Å²) in [6.45, 7) is 4.61. The van der Waals surface area contributed by atoms with Gasteiger partial charge in [-0.15, -0.1) is 0 Å². The minimum absolute atomic E-state index is 0.120. The molecule has 106 valence electrons. The van der Waals surface area contributed by atoms with Crippen molar-refractivity contribution in [3.05, 3.63) is 24.3 Å². The average molecular weight is 288 g/mol. The van der Waals surface area contributed by atoms with Gasteiger partial charge in [0, 0.05) is 0 Å². The fourth-order valence-electron chi connectivity index (χ4n) is 1.23. The third-order valence-corrected chi connectivity index (χ3v) is 3.74. The number of hydrogen-bond acceptors (Lipinski definition) is 5. The summed E-state index contributed by atoms with van der Waals surface area (Å²) in [6.07, 6.45) is 0. The number of hydrogen-bond donors (Lipinski definition) is 1. The molecule has 0 bridgehead atoms. The van der Waals surface area contributed by atoms with E-state index in [0.717, 1.165) is 0 Å². The van der Waals surface area contributed by atoms with Crippen molar-refractivity contribution in [3.8, 4) is 5.75 Å². The van der Waals surface area contributed by atoms with Crippen LogP contribution in [-0.2, 0) is 19.1 Å². The number of carbonyl (C=O) groups is 1. The third-order valence-electron chi connectivity index (χ3n) is 2.26. The first-order chi connectivity index (χ1) is 8.69. The molecule has 0 aliphatic carbocycles. The fourth-order valence-corrected chi connectivity index (χ4v) is 2.41. The molecule has 1 aromatic carbocycles. The molecule has 1 aromatic rings. The highest BCUT2D eigenvalue weighted by Gasteiger charge is 2.35. The van der Waals surface area contributed by atoms with E-state index in [0.29, 0.717) is 12.4 Å². The molecule has 0 amide bonds. The van der Waals surface area contributed by atoms with E-state index < -0.39 is 21.7 Å². The Morgan fingerprint density at radius 3 is 2.21 bits per heavy atom. The molecule has 0 aromatic heterocycles. The van der Waals surface area contributed by atoms with E-state index >= 15 is 0 Å². The van der Waals surface area contributed by atoms with Crippen LogP contribution in [0.4, 0.5) is 0 Å². The molecule has 0 aliphatic heterocycles. The second-order valence-electron chi connectivity index (χ2n) is 4.26. The maximum Gasteiger partial charge on any atom is 0.336 e. The summed E-state index contributed by atoms with van der Waals surface area (Å²) in [6, 6.07) is 5.57. The molecule has 0 heterocycles. The summed E-state index contributed by atoms with van der Waals surface area (Å²) in [7, 11) is -4.13. The Morgan fingerprint density at radius 2 is 1.79 bits per heavy atom. The Morgan fingerprint density at radius 1 is 1.26 bits per heavy atom. The molecule has 19 heavy (non-hydrogen) atoms. The molecule has 0 fully saturated rings. The van der Waals surface area contributed by atoms with E-state index in [1.807, 2.05) is 6.92 Å². The van der Waals surface area contributed by atoms with Crippen LogP contribution in [0, 0.1) is 0 Å². The van der Waals surface area contributed by atoms with Crippen molar-refractivity contribution in [2.75, 3.05) is 6.61 Å². The lowest BCUT2D eigenvalue weighted by Gasteiger charge is -2.19.